The van der Waals surface area contributed by atoms with Gasteiger partial charge in [0, 0.05) is 19.6 Å². The van der Waals surface area contributed by atoms with Crippen molar-refractivity contribution in [1.29, 1.82) is 0 Å². The van der Waals surface area contributed by atoms with E-state index in [4.69, 9.17) is 5.84 Å². The minimum Gasteiger partial charge on any atom is -0.365 e. The molecule has 1 aliphatic heterocycles. The molecule has 1 aromatic rings. The fourth-order valence-electron chi connectivity index (χ4n) is 2.78. The quantitative estimate of drug-likeness (QED) is 0.492. The van der Waals surface area contributed by atoms with E-state index >= 15 is 0 Å². The fourth-order valence-corrected chi connectivity index (χ4v) is 2.78. The number of rotatable bonds is 4. The Balaban J connectivity index is 2.33. The second kappa shape index (κ2) is 6.06. The number of hydrazine groups is 1. The van der Waals surface area contributed by atoms with Gasteiger partial charge in [0.15, 0.2) is 0 Å². The van der Waals surface area contributed by atoms with Crippen LogP contribution < -0.4 is 16.2 Å². The zero-order chi connectivity index (χ0) is 14.7. The first-order valence-corrected chi connectivity index (χ1v) is 6.70. The number of likely N-dealkylation sites (N-methyl/N-ethyl adjacent to an activating group) is 2. The monoisotopic (exact) mass is 279 g/mol. The molecule has 0 bridgehead atoms. The highest BCUT2D eigenvalue weighted by atomic mass is 16.6. The summed E-state index contributed by atoms with van der Waals surface area (Å²) in [7, 11) is 3.98. The normalized spacial score (nSPS) is 19.6. The van der Waals surface area contributed by atoms with E-state index in [1.807, 2.05) is 11.9 Å². The van der Waals surface area contributed by atoms with Crippen molar-refractivity contribution in [3.05, 3.63) is 28.3 Å². The summed E-state index contributed by atoms with van der Waals surface area (Å²) in [6, 6.07) is 5.44. The molecule has 7 nitrogen and oxygen atoms in total. The van der Waals surface area contributed by atoms with Gasteiger partial charge in [-0.05, 0) is 38.6 Å². The van der Waals surface area contributed by atoms with Crippen LogP contribution in [0.1, 0.15) is 12.8 Å². The molecule has 1 aliphatic rings. The number of likely N-dealkylation sites (tertiary alicyclic amines) is 1. The third-order valence-corrected chi connectivity index (χ3v) is 3.88. The van der Waals surface area contributed by atoms with E-state index in [-0.39, 0.29) is 16.7 Å². The zero-order valence-electron chi connectivity index (χ0n) is 11.9. The molecule has 20 heavy (non-hydrogen) atoms. The largest absolute Gasteiger partial charge is 0.365 e. The summed E-state index contributed by atoms with van der Waals surface area (Å²) in [6.07, 6.45) is 2.15. The molecule has 3 N–H and O–H groups in total. The van der Waals surface area contributed by atoms with Gasteiger partial charge in [0.2, 0.25) is 0 Å². The van der Waals surface area contributed by atoms with Crippen molar-refractivity contribution in [1.82, 2.24) is 4.90 Å². The van der Waals surface area contributed by atoms with E-state index in [9.17, 15) is 10.1 Å². The fraction of sp³-hybridized carbons (Fsp3) is 0.538. The second-order valence-electron chi connectivity index (χ2n) is 5.24. The molecule has 1 aromatic carbocycles. The lowest BCUT2D eigenvalue weighted by Crippen LogP contribution is -2.45. The highest BCUT2D eigenvalue weighted by Gasteiger charge is 2.27. The van der Waals surface area contributed by atoms with Crippen molar-refractivity contribution in [3.63, 3.8) is 0 Å². The number of nitrogens with one attached hydrogen (secondary N) is 1. The van der Waals surface area contributed by atoms with Gasteiger partial charge in [-0.3, -0.25) is 16.0 Å². The van der Waals surface area contributed by atoms with Crippen molar-refractivity contribution in [3.8, 4) is 0 Å². The Hall–Kier alpha value is -1.86. The molecule has 0 aromatic heterocycles. The standard InChI is InChI=1S/C13H21N5O2/c1-16-8-4-5-10(9-16)17(2)12-7-3-6-11(15-14)13(12)18(19)20/h3,6-7,10,15H,4-5,8-9,14H2,1-2H3. The minimum atomic E-state index is -0.381. The molecular formula is C13H21N5O2. The molecule has 1 fully saturated rings. The summed E-state index contributed by atoms with van der Waals surface area (Å²) in [5.41, 5.74) is 3.38. The highest BCUT2D eigenvalue weighted by molar-refractivity contribution is 5.76. The summed E-state index contributed by atoms with van der Waals surface area (Å²) in [6.45, 7) is 1.99. The maximum atomic E-state index is 11.3. The molecule has 7 heteroatoms. The smallest absolute Gasteiger partial charge is 0.316 e. The molecule has 1 atom stereocenters. The minimum absolute atomic E-state index is 0.0331. The number of nitrogens with two attached hydrogens (primary N) is 1. The molecule has 1 unspecified atom stereocenters. The van der Waals surface area contributed by atoms with Crippen LogP contribution in [0, 0.1) is 10.1 Å². The first-order valence-electron chi connectivity index (χ1n) is 6.70. The Morgan fingerprint density at radius 3 is 2.90 bits per heavy atom. The molecule has 0 amide bonds. The maximum absolute atomic E-state index is 11.3. The lowest BCUT2D eigenvalue weighted by Gasteiger charge is -2.36. The molecule has 0 saturated carbocycles. The van der Waals surface area contributed by atoms with Gasteiger partial charge in [-0.2, -0.15) is 0 Å². The number of hydrogen-bond acceptors (Lipinski definition) is 6. The van der Waals surface area contributed by atoms with E-state index in [0.29, 0.717) is 11.4 Å². The van der Waals surface area contributed by atoms with E-state index in [1.54, 1.807) is 18.2 Å². The molecule has 2 rings (SSSR count). The van der Waals surface area contributed by atoms with Crippen LogP contribution in [-0.2, 0) is 0 Å². The molecule has 0 spiro atoms. The molecule has 1 heterocycles. The van der Waals surface area contributed by atoms with Crippen LogP contribution in [0.2, 0.25) is 0 Å². The Kier molecular flexibility index (Phi) is 4.41. The summed E-state index contributed by atoms with van der Waals surface area (Å²) in [4.78, 5) is 15.2. The Morgan fingerprint density at radius 1 is 1.55 bits per heavy atom. The van der Waals surface area contributed by atoms with Gasteiger partial charge in [-0.1, -0.05) is 6.07 Å². The van der Waals surface area contributed by atoms with Crippen LogP contribution in [0.4, 0.5) is 17.1 Å². The number of para-hydroxylation sites is 1. The third kappa shape index (κ3) is 2.83. The lowest BCUT2D eigenvalue weighted by atomic mass is 10.0. The van der Waals surface area contributed by atoms with Gasteiger partial charge in [0.25, 0.3) is 0 Å². The summed E-state index contributed by atoms with van der Waals surface area (Å²) >= 11 is 0. The van der Waals surface area contributed by atoms with Crippen LogP contribution in [0.15, 0.2) is 18.2 Å². The predicted octanol–water partition coefficient (Wildman–Crippen LogP) is 1.41. The van der Waals surface area contributed by atoms with E-state index in [0.717, 1.165) is 25.9 Å². The molecule has 0 aliphatic carbocycles. The van der Waals surface area contributed by atoms with Crippen molar-refractivity contribution in [2.75, 3.05) is 37.5 Å². The maximum Gasteiger partial charge on any atom is 0.316 e. The summed E-state index contributed by atoms with van der Waals surface area (Å²) in [5.74, 6) is 5.38. The van der Waals surface area contributed by atoms with Crippen LogP contribution in [0.3, 0.4) is 0 Å². The number of hydrogen-bond donors (Lipinski definition) is 2. The van der Waals surface area contributed by atoms with Crippen molar-refractivity contribution >= 4 is 17.1 Å². The van der Waals surface area contributed by atoms with Gasteiger partial charge in [0.05, 0.1) is 4.92 Å². The molecule has 110 valence electrons. The SMILES string of the molecule is CN1CCCC(N(C)c2cccc(NN)c2[N+](=O)[O-])C1. The van der Waals surface area contributed by atoms with Gasteiger partial charge in [-0.25, -0.2) is 0 Å². The van der Waals surface area contributed by atoms with Crippen LogP contribution in [0.5, 0.6) is 0 Å². The number of nitro benzene ring substituents is 1. The highest BCUT2D eigenvalue weighted by Crippen LogP contribution is 2.36. The van der Waals surface area contributed by atoms with Gasteiger partial charge < -0.3 is 15.2 Å². The van der Waals surface area contributed by atoms with Crippen molar-refractivity contribution < 1.29 is 4.92 Å². The van der Waals surface area contributed by atoms with E-state index in [2.05, 4.69) is 17.4 Å². The third-order valence-electron chi connectivity index (χ3n) is 3.88. The van der Waals surface area contributed by atoms with Crippen LogP contribution in [-0.4, -0.2) is 43.0 Å². The van der Waals surface area contributed by atoms with E-state index in [1.165, 1.54) is 0 Å². The van der Waals surface area contributed by atoms with Gasteiger partial charge in [-0.15, -0.1) is 0 Å². The predicted molar refractivity (Wildman–Crippen MR) is 79.8 cm³/mol. The Bertz CT molecular complexity index is 494. The van der Waals surface area contributed by atoms with Gasteiger partial charge >= 0.3 is 5.69 Å². The average Bonchev–Trinajstić information content (AvgIpc) is 2.45. The first-order chi connectivity index (χ1) is 9.54. The summed E-state index contributed by atoms with van der Waals surface area (Å²) < 4.78 is 0. The Morgan fingerprint density at radius 2 is 2.30 bits per heavy atom. The second-order valence-corrected chi connectivity index (χ2v) is 5.24. The zero-order valence-corrected chi connectivity index (χ0v) is 11.9. The van der Waals surface area contributed by atoms with Crippen LogP contribution in [0.25, 0.3) is 0 Å². The Labute approximate surface area is 118 Å². The first kappa shape index (κ1) is 14.5. The number of nitrogen functional groups attached to an aromatic ring is 1. The molecule has 0 radical (unpaired) electrons. The lowest BCUT2D eigenvalue weighted by molar-refractivity contribution is -0.383. The topological polar surface area (TPSA) is 87.7 Å². The van der Waals surface area contributed by atoms with Gasteiger partial charge in [0.1, 0.15) is 11.4 Å². The summed E-state index contributed by atoms with van der Waals surface area (Å²) in [5, 5.41) is 11.3. The van der Waals surface area contributed by atoms with Crippen molar-refractivity contribution in [2.45, 2.75) is 18.9 Å². The number of benzene rings is 1. The number of piperidine rings is 1. The van der Waals surface area contributed by atoms with E-state index < -0.39 is 0 Å². The number of nitro groups is 1. The number of nitrogens with zero attached hydrogens (tertiary/aromatic N) is 3. The molecular weight excluding hydrogens is 258 g/mol. The van der Waals surface area contributed by atoms with Crippen LogP contribution >= 0.6 is 0 Å². The average molecular weight is 279 g/mol. The molecule has 1 saturated heterocycles. The van der Waals surface area contributed by atoms with Crippen molar-refractivity contribution in [2.24, 2.45) is 5.84 Å². The number of anilines is 2.